The van der Waals surface area contributed by atoms with Crippen molar-refractivity contribution in [1.29, 1.82) is 0 Å². The van der Waals surface area contributed by atoms with E-state index >= 15 is 0 Å². The SMILES string of the molecule is CC(NS(=O)(=O)c1ccc(N)cc1)C1CC1. The van der Waals surface area contributed by atoms with Gasteiger partial charge in [-0.3, -0.25) is 0 Å². The minimum atomic E-state index is -3.39. The van der Waals surface area contributed by atoms with Gasteiger partial charge in [-0.25, -0.2) is 13.1 Å². The summed E-state index contributed by atoms with van der Waals surface area (Å²) in [5.74, 6) is 0.503. The fourth-order valence-electron chi connectivity index (χ4n) is 1.65. The maximum atomic E-state index is 11.9. The van der Waals surface area contributed by atoms with E-state index in [0.717, 1.165) is 12.8 Å². The molecule has 1 aliphatic rings. The van der Waals surface area contributed by atoms with Crippen LogP contribution >= 0.6 is 0 Å². The van der Waals surface area contributed by atoms with Gasteiger partial charge in [-0.05, 0) is 49.9 Å². The van der Waals surface area contributed by atoms with Crippen molar-refractivity contribution in [2.45, 2.75) is 30.7 Å². The Kier molecular flexibility index (Phi) is 2.90. The van der Waals surface area contributed by atoms with Crippen LogP contribution in [0, 0.1) is 5.92 Å². The maximum absolute atomic E-state index is 11.9. The molecule has 0 bridgehead atoms. The summed E-state index contributed by atoms with van der Waals surface area (Å²) < 4.78 is 26.6. The third-order valence-corrected chi connectivity index (χ3v) is 4.44. The lowest BCUT2D eigenvalue weighted by atomic mass is 10.2. The molecular formula is C11H16N2O2S. The minimum Gasteiger partial charge on any atom is -0.399 e. The van der Waals surface area contributed by atoms with Gasteiger partial charge >= 0.3 is 0 Å². The van der Waals surface area contributed by atoms with Crippen LogP contribution in [0.15, 0.2) is 29.2 Å². The van der Waals surface area contributed by atoms with Crippen LogP contribution in [0.25, 0.3) is 0 Å². The van der Waals surface area contributed by atoms with Crippen molar-refractivity contribution in [2.75, 3.05) is 5.73 Å². The molecule has 1 aromatic carbocycles. The normalized spacial score (nSPS) is 18.3. The Morgan fingerprint density at radius 3 is 2.38 bits per heavy atom. The second-order valence-electron chi connectivity index (χ2n) is 4.32. The first-order valence-electron chi connectivity index (χ1n) is 5.37. The quantitative estimate of drug-likeness (QED) is 0.780. The number of sulfonamides is 1. The topological polar surface area (TPSA) is 72.2 Å². The van der Waals surface area contributed by atoms with Crippen molar-refractivity contribution in [3.8, 4) is 0 Å². The van der Waals surface area contributed by atoms with E-state index in [1.165, 1.54) is 12.1 Å². The summed E-state index contributed by atoms with van der Waals surface area (Å²) in [6, 6.07) is 6.25. The Balaban J connectivity index is 2.14. The number of nitrogen functional groups attached to an aromatic ring is 1. The third kappa shape index (κ3) is 2.54. The van der Waals surface area contributed by atoms with Crippen molar-refractivity contribution in [1.82, 2.24) is 4.72 Å². The first-order chi connectivity index (χ1) is 7.49. The molecule has 16 heavy (non-hydrogen) atoms. The number of hydrogen-bond donors (Lipinski definition) is 2. The van der Waals surface area contributed by atoms with E-state index in [0.29, 0.717) is 11.6 Å². The van der Waals surface area contributed by atoms with Crippen molar-refractivity contribution < 1.29 is 8.42 Å². The Morgan fingerprint density at radius 1 is 1.31 bits per heavy atom. The summed E-state index contributed by atoms with van der Waals surface area (Å²) in [5.41, 5.74) is 6.08. The molecule has 0 aromatic heterocycles. The van der Waals surface area contributed by atoms with E-state index in [4.69, 9.17) is 5.73 Å². The summed E-state index contributed by atoms with van der Waals surface area (Å²) in [5, 5.41) is 0. The lowest BCUT2D eigenvalue weighted by Crippen LogP contribution is -2.33. The van der Waals surface area contributed by atoms with E-state index in [2.05, 4.69) is 4.72 Å². The molecule has 0 heterocycles. The maximum Gasteiger partial charge on any atom is 0.240 e. The smallest absolute Gasteiger partial charge is 0.240 e. The molecule has 4 nitrogen and oxygen atoms in total. The standard InChI is InChI=1S/C11H16N2O2S/c1-8(9-2-3-9)13-16(14,15)11-6-4-10(12)5-7-11/h4-9,13H,2-3,12H2,1H3. The Bertz CT molecular complexity index is 463. The van der Waals surface area contributed by atoms with Gasteiger partial charge in [0.2, 0.25) is 10.0 Å². The van der Waals surface area contributed by atoms with Gasteiger partial charge in [-0.15, -0.1) is 0 Å². The minimum absolute atomic E-state index is 0.0163. The molecule has 1 aromatic rings. The van der Waals surface area contributed by atoms with Crippen LogP contribution < -0.4 is 10.5 Å². The molecular weight excluding hydrogens is 224 g/mol. The largest absolute Gasteiger partial charge is 0.399 e. The van der Waals surface area contributed by atoms with Crippen LogP contribution in [-0.4, -0.2) is 14.5 Å². The van der Waals surface area contributed by atoms with Gasteiger partial charge in [-0.2, -0.15) is 0 Å². The van der Waals surface area contributed by atoms with E-state index in [1.807, 2.05) is 6.92 Å². The summed E-state index contributed by atoms with van der Waals surface area (Å²) in [6.07, 6.45) is 2.23. The van der Waals surface area contributed by atoms with Gasteiger partial charge in [0.15, 0.2) is 0 Å². The van der Waals surface area contributed by atoms with E-state index in [1.54, 1.807) is 12.1 Å². The lowest BCUT2D eigenvalue weighted by molar-refractivity contribution is 0.538. The van der Waals surface area contributed by atoms with Crippen LogP contribution in [0.2, 0.25) is 0 Å². The van der Waals surface area contributed by atoms with Crippen LogP contribution in [0.4, 0.5) is 5.69 Å². The Hall–Kier alpha value is -1.07. The lowest BCUT2D eigenvalue weighted by Gasteiger charge is -2.13. The van der Waals surface area contributed by atoms with Gasteiger partial charge in [0.05, 0.1) is 4.90 Å². The van der Waals surface area contributed by atoms with Gasteiger partial charge in [0, 0.05) is 11.7 Å². The molecule has 2 rings (SSSR count). The highest BCUT2D eigenvalue weighted by atomic mass is 32.2. The molecule has 1 unspecified atom stereocenters. The first kappa shape index (κ1) is 11.4. The second-order valence-corrected chi connectivity index (χ2v) is 6.03. The number of rotatable bonds is 4. The highest BCUT2D eigenvalue weighted by Crippen LogP contribution is 2.33. The fourth-order valence-corrected chi connectivity index (χ4v) is 2.96. The molecule has 1 saturated carbocycles. The van der Waals surface area contributed by atoms with Crippen LogP contribution in [0.1, 0.15) is 19.8 Å². The van der Waals surface area contributed by atoms with Crippen LogP contribution in [0.5, 0.6) is 0 Å². The summed E-state index contributed by atoms with van der Waals surface area (Å²) in [4.78, 5) is 0.272. The highest BCUT2D eigenvalue weighted by molar-refractivity contribution is 7.89. The van der Waals surface area contributed by atoms with Gasteiger partial charge < -0.3 is 5.73 Å². The van der Waals surface area contributed by atoms with E-state index in [-0.39, 0.29) is 10.9 Å². The number of nitrogens with one attached hydrogen (secondary N) is 1. The van der Waals surface area contributed by atoms with Crippen molar-refractivity contribution in [3.63, 3.8) is 0 Å². The molecule has 0 aliphatic heterocycles. The van der Waals surface area contributed by atoms with E-state index < -0.39 is 10.0 Å². The highest BCUT2D eigenvalue weighted by Gasteiger charge is 2.31. The molecule has 3 N–H and O–H groups in total. The van der Waals surface area contributed by atoms with Crippen LogP contribution in [0.3, 0.4) is 0 Å². The second kappa shape index (κ2) is 4.07. The monoisotopic (exact) mass is 240 g/mol. The molecule has 0 saturated heterocycles. The predicted octanol–water partition coefficient (Wildman–Crippen LogP) is 1.35. The van der Waals surface area contributed by atoms with Crippen molar-refractivity contribution in [3.05, 3.63) is 24.3 Å². The average molecular weight is 240 g/mol. The molecule has 1 fully saturated rings. The number of hydrogen-bond acceptors (Lipinski definition) is 3. The summed E-state index contributed by atoms with van der Waals surface area (Å²) in [6.45, 7) is 1.91. The zero-order valence-corrected chi connectivity index (χ0v) is 10.00. The zero-order chi connectivity index (χ0) is 11.8. The van der Waals surface area contributed by atoms with Gasteiger partial charge in [0.1, 0.15) is 0 Å². The van der Waals surface area contributed by atoms with Crippen molar-refractivity contribution in [2.24, 2.45) is 5.92 Å². The molecule has 0 spiro atoms. The fraction of sp³-hybridized carbons (Fsp3) is 0.455. The molecule has 0 radical (unpaired) electrons. The molecule has 88 valence electrons. The van der Waals surface area contributed by atoms with E-state index in [9.17, 15) is 8.42 Å². The average Bonchev–Trinajstić information content (AvgIpc) is 3.00. The van der Waals surface area contributed by atoms with Crippen LogP contribution in [-0.2, 0) is 10.0 Å². The molecule has 5 heteroatoms. The van der Waals surface area contributed by atoms with Gasteiger partial charge in [0.25, 0.3) is 0 Å². The first-order valence-corrected chi connectivity index (χ1v) is 6.85. The number of nitrogens with two attached hydrogens (primary N) is 1. The Morgan fingerprint density at radius 2 is 1.88 bits per heavy atom. The molecule has 1 aliphatic carbocycles. The van der Waals surface area contributed by atoms with Gasteiger partial charge in [-0.1, -0.05) is 0 Å². The molecule has 1 atom stereocenters. The number of benzene rings is 1. The zero-order valence-electron chi connectivity index (χ0n) is 9.18. The summed E-state index contributed by atoms with van der Waals surface area (Å²) in [7, 11) is -3.39. The van der Waals surface area contributed by atoms with Crippen molar-refractivity contribution >= 4 is 15.7 Å². The predicted molar refractivity (Wildman–Crippen MR) is 63.4 cm³/mol. The molecule has 0 amide bonds. The third-order valence-electron chi connectivity index (χ3n) is 2.86. The summed E-state index contributed by atoms with van der Waals surface area (Å²) >= 11 is 0. The number of anilines is 1. The Labute approximate surface area is 95.9 Å².